The lowest BCUT2D eigenvalue weighted by Crippen LogP contribution is -2.27. The van der Waals surface area contributed by atoms with Gasteiger partial charge in [-0.15, -0.1) is 0 Å². The van der Waals surface area contributed by atoms with E-state index in [0.29, 0.717) is 17.6 Å². The summed E-state index contributed by atoms with van der Waals surface area (Å²) in [5.74, 6) is -0.133. The van der Waals surface area contributed by atoms with Crippen molar-refractivity contribution < 1.29 is 19.1 Å². The number of hydrogen-bond acceptors (Lipinski definition) is 4. The molecule has 0 unspecified atom stereocenters. The molecule has 0 N–H and O–H groups in total. The van der Waals surface area contributed by atoms with Crippen LogP contribution in [-0.4, -0.2) is 24.5 Å². The molecule has 0 aliphatic heterocycles. The fourth-order valence-corrected chi connectivity index (χ4v) is 1.46. The molecular formula is C13H15ClO4. The van der Waals surface area contributed by atoms with Gasteiger partial charge in [0.15, 0.2) is 6.61 Å². The van der Waals surface area contributed by atoms with Crippen molar-refractivity contribution in [3.05, 3.63) is 28.8 Å². The topological polar surface area (TPSA) is 52.6 Å². The molecule has 0 amide bonds. The van der Waals surface area contributed by atoms with Crippen molar-refractivity contribution in [1.29, 1.82) is 0 Å². The van der Waals surface area contributed by atoms with Crippen LogP contribution in [0.2, 0.25) is 5.02 Å². The molecule has 4 nitrogen and oxygen atoms in total. The molecule has 0 spiro atoms. The number of ether oxygens (including phenoxy) is 2. The molecule has 0 atom stereocenters. The average Bonchev–Trinajstić information content (AvgIpc) is 2.25. The van der Waals surface area contributed by atoms with E-state index in [2.05, 4.69) is 0 Å². The molecule has 0 fully saturated rings. The highest BCUT2D eigenvalue weighted by Crippen LogP contribution is 2.25. The van der Waals surface area contributed by atoms with Crippen molar-refractivity contribution in [1.82, 2.24) is 0 Å². The van der Waals surface area contributed by atoms with Gasteiger partial charge in [0.25, 0.3) is 0 Å². The van der Waals surface area contributed by atoms with Crippen LogP contribution in [0.4, 0.5) is 0 Å². The van der Waals surface area contributed by atoms with Crippen LogP contribution in [-0.2, 0) is 9.53 Å². The standard InChI is InChI=1S/C13H15ClO4/c1-13(2,3)18-12(16)8-17-11-5-4-9(7-15)6-10(11)14/h4-7H,8H2,1-3H3. The Morgan fingerprint density at radius 3 is 2.56 bits per heavy atom. The molecule has 0 heterocycles. The molecule has 0 saturated heterocycles. The van der Waals surface area contributed by atoms with Gasteiger partial charge in [-0.2, -0.15) is 0 Å². The first-order valence-electron chi connectivity index (χ1n) is 5.41. The van der Waals surface area contributed by atoms with Crippen LogP contribution in [0.15, 0.2) is 18.2 Å². The molecular weight excluding hydrogens is 256 g/mol. The molecule has 0 aliphatic rings. The van der Waals surface area contributed by atoms with Gasteiger partial charge in [0, 0.05) is 5.56 Å². The highest BCUT2D eigenvalue weighted by atomic mass is 35.5. The van der Waals surface area contributed by atoms with Crippen molar-refractivity contribution in [2.75, 3.05) is 6.61 Å². The minimum atomic E-state index is -0.550. The maximum absolute atomic E-state index is 11.4. The summed E-state index contributed by atoms with van der Waals surface area (Å²) in [5, 5.41) is 0.281. The second-order valence-electron chi connectivity index (χ2n) is 4.68. The lowest BCUT2D eigenvalue weighted by Gasteiger charge is -2.19. The van der Waals surface area contributed by atoms with Crippen molar-refractivity contribution >= 4 is 23.9 Å². The first-order valence-corrected chi connectivity index (χ1v) is 5.79. The van der Waals surface area contributed by atoms with Gasteiger partial charge >= 0.3 is 5.97 Å². The maximum Gasteiger partial charge on any atom is 0.344 e. The summed E-state index contributed by atoms with van der Waals surface area (Å²) in [5.41, 5.74) is -0.101. The van der Waals surface area contributed by atoms with Crippen molar-refractivity contribution in [3.8, 4) is 5.75 Å². The number of benzene rings is 1. The van der Waals surface area contributed by atoms with E-state index in [9.17, 15) is 9.59 Å². The molecule has 1 aromatic rings. The first kappa shape index (κ1) is 14.5. The van der Waals surface area contributed by atoms with Crippen LogP contribution in [0.1, 0.15) is 31.1 Å². The smallest absolute Gasteiger partial charge is 0.344 e. The fraction of sp³-hybridized carbons (Fsp3) is 0.385. The molecule has 18 heavy (non-hydrogen) atoms. The summed E-state index contributed by atoms with van der Waals surface area (Å²) in [4.78, 5) is 21.9. The number of esters is 1. The maximum atomic E-state index is 11.4. The molecule has 0 radical (unpaired) electrons. The molecule has 0 aliphatic carbocycles. The molecule has 5 heteroatoms. The van der Waals surface area contributed by atoms with Gasteiger partial charge in [-0.05, 0) is 39.0 Å². The predicted octanol–water partition coefficient (Wildman–Crippen LogP) is 2.87. The Kier molecular flexibility index (Phi) is 4.73. The second-order valence-corrected chi connectivity index (χ2v) is 5.09. The highest BCUT2D eigenvalue weighted by molar-refractivity contribution is 6.32. The largest absolute Gasteiger partial charge is 0.480 e. The predicted molar refractivity (Wildman–Crippen MR) is 68.2 cm³/mol. The lowest BCUT2D eigenvalue weighted by atomic mass is 10.2. The highest BCUT2D eigenvalue weighted by Gasteiger charge is 2.17. The Morgan fingerprint density at radius 1 is 1.39 bits per heavy atom. The Hall–Kier alpha value is -1.55. The Bertz CT molecular complexity index is 449. The van der Waals surface area contributed by atoms with Crippen molar-refractivity contribution in [2.24, 2.45) is 0 Å². The number of rotatable bonds is 4. The van der Waals surface area contributed by atoms with E-state index in [1.165, 1.54) is 12.1 Å². The first-order chi connectivity index (χ1) is 8.31. The van der Waals surface area contributed by atoms with Crippen molar-refractivity contribution in [3.63, 3.8) is 0 Å². The minimum Gasteiger partial charge on any atom is -0.480 e. The van der Waals surface area contributed by atoms with Crippen LogP contribution in [0.5, 0.6) is 5.75 Å². The monoisotopic (exact) mass is 270 g/mol. The van der Waals surface area contributed by atoms with E-state index in [1.807, 2.05) is 0 Å². The van der Waals surface area contributed by atoms with Gasteiger partial charge in [0.1, 0.15) is 17.6 Å². The SMILES string of the molecule is CC(C)(C)OC(=O)COc1ccc(C=O)cc1Cl. The lowest BCUT2D eigenvalue weighted by molar-refractivity contribution is -0.157. The van der Waals surface area contributed by atoms with Gasteiger partial charge in [0.2, 0.25) is 0 Å². The summed E-state index contributed by atoms with van der Waals surface area (Å²) < 4.78 is 10.3. The zero-order valence-electron chi connectivity index (χ0n) is 10.5. The number of halogens is 1. The van der Waals surface area contributed by atoms with E-state index in [1.54, 1.807) is 26.8 Å². The average molecular weight is 271 g/mol. The molecule has 1 aromatic carbocycles. The second kappa shape index (κ2) is 5.87. The summed E-state index contributed by atoms with van der Waals surface area (Å²) in [6.07, 6.45) is 0.684. The Labute approximate surface area is 111 Å². The molecule has 0 saturated carbocycles. The summed E-state index contributed by atoms with van der Waals surface area (Å²) in [6, 6.07) is 4.57. The number of aldehydes is 1. The Balaban J connectivity index is 2.59. The van der Waals surface area contributed by atoms with E-state index in [-0.39, 0.29) is 11.6 Å². The zero-order chi connectivity index (χ0) is 13.8. The molecule has 0 bridgehead atoms. The zero-order valence-corrected chi connectivity index (χ0v) is 11.3. The quantitative estimate of drug-likeness (QED) is 0.624. The number of hydrogen-bond donors (Lipinski definition) is 0. The summed E-state index contributed by atoms with van der Waals surface area (Å²) in [6.45, 7) is 5.10. The van der Waals surface area contributed by atoms with Gasteiger partial charge in [-0.3, -0.25) is 4.79 Å². The minimum absolute atomic E-state index is 0.225. The third-order valence-corrected chi connectivity index (χ3v) is 2.15. The van der Waals surface area contributed by atoms with Crippen LogP contribution < -0.4 is 4.74 Å². The van der Waals surface area contributed by atoms with Crippen LogP contribution in [0.25, 0.3) is 0 Å². The van der Waals surface area contributed by atoms with E-state index < -0.39 is 11.6 Å². The van der Waals surface area contributed by atoms with Gasteiger partial charge < -0.3 is 9.47 Å². The van der Waals surface area contributed by atoms with E-state index >= 15 is 0 Å². The third kappa shape index (κ3) is 4.75. The normalized spacial score (nSPS) is 10.9. The van der Waals surface area contributed by atoms with Crippen LogP contribution >= 0.6 is 11.6 Å². The molecule has 0 aromatic heterocycles. The fourth-order valence-electron chi connectivity index (χ4n) is 1.22. The van der Waals surface area contributed by atoms with Crippen molar-refractivity contribution in [2.45, 2.75) is 26.4 Å². The van der Waals surface area contributed by atoms with Gasteiger partial charge in [-0.1, -0.05) is 11.6 Å². The van der Waals surface area contributed by atoms with Crippen LogP contribution in [0, 0.1) is 0 Å². The Morgan fingerprint density at radius 2 is 2.06 bits per heavy atom. The molecule has 1 rings (SSSR count). The number of carbonyl (C=O) groups excluding carboxylic acids is 2. The van der Waals surface area contributed by atoms with Gasteiger partial charge in [0.05, 0.1) is 5.02 Å². The van der Waals surface area contributed by atoms with E-state index in [4.69, 9.17) is 21.1 Å². The molecule has 98 valence electrons. The third-order valence-electron chi connectivity index (χ3n) is 1.86. The van der Waals surface area contributed by atoms with Gasteiger partial charge in [-0.25, -0.2) is 4.79 Å². The van der Waals surface area contributed by atoms with E-state index in [0.717, 1.165) is 0 Å². The number of carbonyl (C=O) groups is 2. The summed E-state index contributed by atoms with van der Waals surface area (Å²) >= 11 is 5.89. The van der Waals surface area contributed by atoms with Crippen LogP contribution in [0.3, 0.4) is 0 Å². The summed E-state index contributed by atoms with van der Waals surface area (Å²) in [7, 11) is 0.